The summed E-state index contributed by atoms with van der Waals surface area (Å²) in [7, 11) is 0. The van der Waals surface area contributed by atoms with E-state index in [1.54, 1.807) is 26.0 Å². The van der Waals surface area contributed by atoms with E-state index in [1.165, 1.54) is 6.92 Å². The molecule has 0 amide bonds. The van der Waals surface area contributed by atoms with Crippen LogP contribution in [0.2, 0.25) is 0 Å². The van der Waals surface area contributed by atoms with Crippen molar-refractivity contribution in [3.8, 4) is 0 Å². The Morgan fingerprint density at radius 3 is 2.67 bits per heavy atom. The summed E-state index contributed by atoms with van der Waals surface area (Å²) in [4.78, 5) is 13.8. The lowest BCUT2D eigenvalue weighted by Crippen LogP contribution is -2.45. The molecule has 0 aromatic rings. The predicted octanol–water partition coefficient (Wildman–Crippen LogP) is 1.69. The molecule has 7 nitrogen and oxygen atoms in total. The molecule has 0 N–H and O–H groups in total. The van der Waals surface area contributed by atoms with Crippen molar-refractivity contribution in [1.29, 1.82) is 0 Å². The summed E-state index contributed by atoms with van der Waals surface area (Å²) in [5, 5.41) is 3.65. The molecule has 0 unspecified atom stereocenters. The molecule has 98 valence electrons. The molecule has 0 bridgehead atoms. The van der Waals surface area contributed by atoms with Gasteiger partial charge in [0.15, 0.2) is 5.79 Å². The average molecular weight is 253 g/mol. The van der Waals surface area contributed by atoms with Gasteiger partial charge in [-0.1, -0.05) is 11.2 Å². The van der Waals surface area contributed by atoms with E-state index < -0.39 is 30.1 Å². The van der Waals surface area contributed by atoms with Crippen LogP contribution < -0.4 is 0 Å². The molecule has 1 fully saturated rings. The van der Waals surface area contributed by atoms with Crippen LogP contribution in [0.1, 0.15) is 20.8 Å². The van der Waals surface area contributed by atoms with E-state index in [0.717, 1.165) is 0 Å². The van der Waals surface area contributed by atoms with Crippen molar-refractivity contribution in [3.05, 3.63) is 22.6 Å². The molecule has 2 aliphatic rings. The molecule has 1 saturated heterocycles. The van der Waals surface area contributed by atoms with Crippen molar-refractivity contribution in [2.24, 2.45) is 5.11 Å². The molecule has 4 atom stereocenters. The first-order valence-electron chi connectivity index (χ1n) is 5.68. The number of carbonyl (C=O) groups excluding carboxylic acids is 1. The Bertz CT molecular complexity index is 428. The molecule has 0 aromatic heterocycles. The first-order chi connectivity index (χ1) is 8.43. The van der Waals surface area contributed by atoms with Crippen molar-refractivity contribution < 1.29 is 19.0 Å². The molecular weight excluding hydrogens is 238 g/mol. The zero-order valence-electron chi connectivity index (χ0n) is 10.4. The van der Waals surface area contributed by atoms with Crippen molar-refractivity contribution in [1.82, 2.24) is 0 Å². The van der Waals surface area contributed by atoms with Gasteiger partial charge in [0.1, 0.15) is 18.3 Å². The summed E-state index contributed by atoms with van der Waals surface area (Å²) in [5.74, 6) is -1.18. The third-order valence-corrected chi connectivity index (χ3v) is 2.81. The molecule has 0 saturated carbocycles. The molecule has 0 spiro atoms. The van der Waals surface area contributed by atoms with Crippen LogP contribution in [0.5, 0.6) is 0 Å². The van der Waals surface area contributed by atoms with Crippen LogP contribution in [0.4, 0.5) is 0 Å². The van der Waals surface area contributed by atoms with E-state index in [2.05, 4.69) is 10.0 Å². The van der Waals surface area contributed by atoms with Crippen molar-refractivity contribution in [2.75, 3.05) is 0 Å². The highest BCUT2D eigenvalue weighted by molar-refractivity contribution is 5.66. The van der Waals surface area contributed by atoms with Crippen LogP contribution in [0.25, 0.3) is 10.4 Å². The van der Waals surface area contributed by atoms with E-state index in [4.69, 9.17) is 19.7 Å². The van der Waals surface area contributed by atoms with Crippen LogP contribution in [-0.4, -0.2) is 36.1 Å². The largest absolute Gasteiger partial charge is 0.455 e. The number of hydrogen-bond acceptors (Lipinski definition) is 5. The normalized spacial score (nSPS) is 36.6. The van der Waals surface area contributed by atoms with Gasteiger partial charge in [0.2, 0.25) is 0 Å². The van der Waals surface area contributed by atoms with Crippen LogP contribution in [-0.2, 0) is 19.0 Å². The molecule has 18 heavy (non-hydrogen) atoms. The fraction of sp³-hybridized carbons (Fsp3) is 0.727. The number of azide groups is 1. The molecule has 1 heterocycles. The first-order valence-corrected chi connectivity index (χ1v) is 5.68. The lowest BCUT2D eigenvalue weighted by Gasteiger charge is -2.29. The first kappa shape index (κ1) is 12.9. The second-order valence-corrected chi connectivity index (χ2v) is 4.72. The van der Waals surface area contributed by atoms with E-state index >= 15 is 0 Å². The van der Waals surface area contributed by atoms with E-state index in [1.807, 2.05) is 0 Å². The standard InChI is InChI=1S/C11H15N3O4/c1-6(15)16-8-5-4-7(13-14-12)9-10(8)18-11(2,3)17-9/h4-5,7-10H,1-3H3/t7-,8+,9+,10-/m1/s1. The Morgan fingerprint density at radius 1 is 1.39 bits per heavy atom. The number of esters is 1. The molecule has 1 aliphatic heterocycles. The van der Waals surface area contributed by atoms with Gasteiger partial charge in [0.25, 0.3) is 0 Å². The quantitative estimate of drug-likeness (QED) is 0.246. The van der Waals surface area contributed by atoms with Gasteiger partial charge >= 0.3 is 5.97 Å². The highest BCUT2D eigenvalue weighted by Crippen LogP contribution is 2.36. The smallest absolute Gasteiger partial charge is 0.303 e. The topological polar surface area (TPSA) is 93.5 Å². The lowest BCUT2D eigenvalue weighted by molar-refractivity contribution is -0.164. The second kappa shape index (κ2) is 4.61. The number of rotatable bonds is 2. The molecule has 1 aliphatic carbocycles. The summed E-state index contributed by atoms with van der Waals surface area (Å²) in [5.41, 5.74) is 8.52. The maximum absolute atomic E-state index is 11.0. The average Bonchev–Trinajstić information content (AvgIpc) is 2.57. The van der Waals surface area contributed by atoms with Crippen molar-refractivity contribution >= 4 is 5.97 Å². The van der Waals surface area contributed by atoms with Crippen LogP contribution in [0.3, 0.4) is 0 Å². The van der Waals surface area contributed by atoms with Crippen LogP contribution >= 0.6 is 0 Å². The SMILES string of the molecule is CC(=O)O[C@H]1C=C[C@@H](N=[N+]=[N-])[C@@H]2OC(C)(C)O[C@@H]21. The predicted molar refractivity (Wildman–Crippen MR) is 61.5 cm³/mol. The maximum atomic E-state index is 11.0. The van der Waals surface area contributed by atoms with Crippen molar-refractivity contribution in [3.63, 3.8) is 0 Å². The van der Waals surface area contributed by atoms with Crippen LogP contribution in [0, 0.1) is 0 Å². The van der Waals surface area contributed by atoms with Gasteiger partial charge in [-0.05, 0) is 25.5 Å². The maximum Gasteiger partial charge on any atom is 0.303 e. The van der Waals surface area contributed by atoms with Gasteiger partial charge in [-0.25, -0.2) is 0 Å². The summed E-state index contributed by atoms with van der Waals surface area (Å²) in [6.45, 7) is 4.87. The van der Waals surface area contributed by atoms with Crippen molar-refractivity contribution in [2.45, 2.75) is 50.9 Å². The minimum atomic E-state index is -0.789. The van der Waals surface area contributed by atoms with E-state index in [-0.39, 0.29) is 5.97 Å². The van der Waals surface area contributed by atoms with Gasteiger partial charge in [-0.15, -0.1) is 0 Å². The Labute approximate surface area is 104 Å². The molecule has 0 aromatic carbocycles. The van der Waals surface area contributed by atoms with E-state index in [9.17, 15) is 4.79 Å². The number of fused-ring (bicyclic) bond motifs is 1. The molecule has 0 radical (unpaired) electrons. The Morgan fingerprint density at radius 2 is 2.06 bits per heavy atom. The fourth-order valence-electron chi connectivity index (χ4n) is 2.24. The van der Waals surface area contributed by atoms with E-state index in [0.29, 0.717) is 0 Å². The van der Waals surface area contributed by atoms with Gasteiger partial charge in [-0.2, -0.15) is 0 Å². The number of carbonyl (C=O) groups is 1. The van der Waals surface area contributed by atoms with Gasteiger partial charge in [0.05, 0.1) is 6.04 Å². The van der Waals surface area contributed by atoms with Gasteiger partial charge < -0.3 is 14.2 Å². The third-order valence-electron chi connectivity index (χ3n) is 2.81. The van der Waals surface area contributed by atoms with Gasteiger partial charge in [-0.3, -0.25) is 4.79 Å². The molecule has 7 heteroatoms. The summed E-state index contributed by atoms with van der Waals surface area (Å²) in [6, 6.07) is -0.450. The summed E-state index contributed by atoms with van der Waals surface area (Å²) < 4.78 is 16.6. The number of nitrogens with zero attached hydrogens (tertiary/aromatic N) is 3. The summed E-state index contributed by atoms with van der Waals surface area (Å²) >= 11 is 0. The zero-order chi connectivity index (χ0) is 13.3. The number of hydrogen-bond donors (Lipinski definition) is 0. The highest BCUT2D eigenvalue weighted by Gasteiger charge is 2.50. The van der Waals surface area contributed by atoms with Crippen LogP contribution in [0.15, 0.2) is 17.3 Å². The number of ether oxygens (including phenoxy) is 3. The monoisotopic (exact) mass is 253 g/mol. The minimum Gasteiger partial charge on any atom is -0.455 e. The highest BCUT2D eigenvalue weighted by atomic mass is 16.8. The second-order valence-electron chi connectivity index (χ2n) is 4.72. The lowest BCUT2D eigenvalue weighted by atomic mass is 9.95. The van der Waals surface area contributed by atoms with Gasteiger partial charge in [0, 0.05) is 11.8 Å². The fourth-order valence-corrected chi connectivity index (χ4v) is 2.24. The minimum absolute atomic E-state index is 0.390. The Hall–Kier alpha value is -1.56. The Kier molecular flexibility index (Phi) is 3.30. The third kappa shape index (κ3) is 2.48. The Balaban J connectivity index is 2.25. The molecular formula is C11H15N3O4. The zero-order valence-corrected chi connectivity index (χ0v) is 10.4. The summed E-state index contributed by atoms with van der Waals surface area (Å²) in [6.07, 6.45) is 1.94. The molecule has 2 rings (SSSR count).